The van der Waals surface area contributed by atoms with Gasteiger partial charge in [-0.15, -0.1) is 10.2 Å². The van der Waals surface area contributed by atoms with E-state index < -0.39 is 5.97 Å². The minimum Gasteiger partial charge on any atom is -0.452 e. The highest BCUT2D eigenvalue weighted by Crippen LogP contribution is 2.23. The standard InChI is InChI=1S/C19H12BrN3O4/c20-16-9-8-15(26-16)19-23-22-17(27-19)11-25-18(24)10-7-13-6-5-12-3-1-2-4-14(12)21-13/h1-10H,11H2/b10-7+. The van der Waals surface area contributed by atoms with Crippen LogP contribution in [-0.4, -0.2) is 21.2 Å². The number of furan rings is 1. The van der Waals surface area contributed by atoms with Crippen LogP contribution >= 0.6 is 15.9 Å². The van der Waals surface area contributed by atoms with Crippen LogP contribution in [0.5, 0.6) is 0 Å². The number of esters is 1. The van der Waals surface area contributed by atoms with Gasteiger partial charge in [0.25, 0.3) is 11.8 Å². The van der Waals surface area contributed by atoms with Gasteiger partial charge in [-0.05, 0) is 46.3 Å². The van der Waals surface area contributed by atoms with Gasteiger partial charge in [-0.25, -0.2) is 9.78 Å². The Kier molecular flexibility index (Phi) is 4.80. The van der Waals surface area contributed by atoms with Crippen molar-refractivity contribution in [3.63, 3.8) is 0 Å². The second kappa shape index (κ2) is 7.55. The maximum Gasteiger partial charge on any atom is 0.331 e. The highest BCUT2D eigenvalue weighted by Gasteiger charge is 2.13. The second-order valence-electron chi connectivity index (χ2n) is 5.47. The van der Waals surface area contributed by atoms with Gasteiger partial charge in [-0.1, -0.05) is 24.3 Å². The Morgan fingerprint density at radius 2 is 1.96 bits per heavy atom. The molecule has 0 bridgehead atoms. The molecule has 4 rings (SSSR count). The molecule has 7 nitrogen and oxygen atoms in total. The molecule has 0 aliphatic rings. The van der Waals surface area contributed by atoms with Gasteiger partial charge in [0.05, 0.1) is 11.2 Å². The first-order valence-corrected chi connectivity index (χ1v) is 8.75. The molecule has 0 atom stereocenters. The van der Waals surface area contributed by atoms with Crippen molar-refractivity contribution in [3.8, 4) is 11.7 Å². The van der Waals surface area contributed by atoms with Crippen molar-refractivity contribution in [2.45, 2.75) is 6.61 Å². The van der Waals surface area contributed by atoms with Crippen molar-refractivity contribution < 1.29 is 18.4 Å². The summed E-state index contributed by atoms with van der Waals surface area (Å²) in [6.07, 6.45) is 2.90. The molecule has 134 valence electrons. The minimum absolute atomic E-state index is 0.136. The van der Waals surface area contributed by atoms with Crippen molar-refractivity contribution in [3.05, 3.63) is 70.9 Å². The Morgan fingerprint density at radius 1 is 1.07 bits per heavy atom. The van der Waals surface area contributed by atoms with Crippen LogP contribution in [0.2, 0.25) is 0 Å². The van der Waals surface area contributed by atoms with Gasteiger partial charge in [0, 0.05) is 11.5 Å². The van der Waals surface area contributed by atoms with Crippen molar-refractivity contribution in [1.29, 1.82) is 0 Å². The molecule has 8 heteroatoms. The Labute approximate surface area is 161 Å². The van der Waals surface area contributed by atoms with E-state index in [2.05, 4.69) is 31.1 Å². The Bertz CT molecular complexity index is 1130. The fraction of sp³-hybridized carbons (Fsp3) is 0.0526. The smallest absolute Gasteiger partial charge is 0.331 e. The number of carbonyl (C=O) groups is 1. The van der Waals surface area contributed by atoms with Gasteiger partial charge in [0.2, 0.25) is 0 Å². The summed E-state index contributed by atoms with van der Waals surface area (Å²) in [5.41, 5.74) is 1.52. The number of para-hydroxylation sites is 1. The summed E-state index contributed by atoms with van der Waals surface area (Å²) in [6, 6.07) is 14.9. The van der Waals surface area contributed by atoms with Crippen LogP contribution < -0.4 is 0 Å². The lowest BCUT2D eigenvalue weighted by molar-refractivity contribution is -0.139. The summed E-state index contributed by atoms with van der Waals surface area (Å²) in [5, 5.41) is 8.71. The van der Waals surface area contributed by atoms with Crippen LogP contribution in [0, 0.1) is 0 Å². The molecule has 0 fully saturated rings. The average Bonchev–Trinajstić information content (AvgIpc) is 3.33. The van der Waals surface area contributed by atoms with E-state index in [1.54, 1.807) is 18.2 Å². The minimum atomic E-state index is -0.537. The average molecular weight is 426 g/mol. The number of aromatic nitrogens is 3. The molecule has 0 spiro atoms. The van der Waals surface area contributed by atoms with Crippen LogP contribution in [0.25, 0.3) is 28.6 Å². The van der Waals surface area contributed by atoms with Gasteiger partial charge >= 0.3 is 5.97 Å². The van der Waals surface area contributed by atoms with E-state index >= 15 is 0 Å². The predicted octanol–water partition coefficient (Wildman–Crippen LogP) is 4.40. The Morgan fingerprint density at radius 3 is 2.81 bits per heavy atom. The summed E-state index contributed by atoms with van der Waals surface area (Å²) in [6.45, 7) is -0.136. The molecule has 3 heterocycles. The molecular weight excluding hydrogens is 414 g/mol. The Balaban J connectivity index is 1.36. The van der Waals surface area contributed by atoms with Crippen LogP contribution in [0.3, 0.4) is 0 Å². The van der Waals surface area contributed by atoms with E-state index in [0.29, 0.717) is 16.1 Å². The van der Waals surface area contributed by atoms with Crippen LogP contribution in [0.4, 0.5) is 0 Å². The quantitative estimate of drug-likeness (QED) is 0.345. The van der Waals surface area contributed by atoms with E-state index in [9.17, 15) is 4.79 Å². The van der Waals surface area contributed by atoms with Crippen molar-refractivity contribution >= 4 is 38.9 Å². The molecule has 0 aliphatic heterocycles. The number of rotatable bonds is 5. The van der Waals surface area contributed by atoms with Crippen molar-refractivity contribution in [2.75, 3.05) is 0 Å². The Hall–Kier alpha value is -3.26. The zero-order valence-electron chi connectivity index (χ0n) is 13.8. The van der Waals surface area contributed by atoms with Crippen LogP contribution in [-0.2, 0) is 16.1 Å². The molecule has 0 saturated carbocycles. The summed E-state index contributed by atoms with van der Waals surface area (Å²) >= 11 is 3.20. The SMILES string of the molecule is O=C(/C=C/c1ccc2ccccc2n1)OCc1nnc(-c2ccc(Br)o2)o1. The van der Waals surface area contributed by atoms with E-state index in [1.165, 1.54) is 6.08 Å². The predicted molar refractivity (Wildman–Crippen MR) is 100 cm³/mol. The highest BCUT2D eigenvalue weighted by molar-refractivity contribution is 9.10. The third kappa shape index (κ3) is 4.12. The zero-order chi connectivity index (χ0) is 18.6. The normalized spacial score (nSPS) is 11.3. The van der Waals surface area contributed by atoms with E-state index in [-0.39, 0.29) is 18.4 Å². The third-order valence-corrected chi connectivity index (χ3v) is 4.03. The maximum absolute atomic E-state index is 11.9. The number of halogens is 1. The van der Waals surface area contributed by atoms with E-state index in [0.717, 1.165) is 10.9 Å². The summed E-state index contributed by atoms with van der Waals surface area (Å²) in [4.78, 5) is 16.3. The monoisotopic (exact) mass is 425 g/mol. The first-order valence-electron chi connectivity index (χ1n) is 7.96. The number of pyridine rings is 1. The number of hydrogen-bond donors (Lipinski definition) is 0. The second-order valence-corrected chi connectivity index (χ2v) is 6.26. The zero-order valence-corrected chi connectivity index (χ0v) is 15.4. The first-order chi connectivity index (χ1) is 13.2. The molecule has 0 radical (unpaired) electrons. The van der Waals surface area contributed by atoms with Gasteiger partial charge in [0.15, 0.2) is 17.0 Å². The molecule has 0 amide bonds. The molecule has 1 aromatic carbocycles. The summed E-state index contributed by atoms with van der Waals surface area (Å²) < 4.78 is 16.4. The number of fused-ring (bicyclic) bond motifs is 1. The van der Waals surface area contributed by atoms with Crippen molar-refractivity contribution in [1.82, 2.24) is 15.2 Å². The van der Waals surface area contributed by atoms with Crippen molar-refractivity contribution in [2.24, 2.45) is 0 Å². The lowest BCUT2D eigenvalue weighted by Gasteiger charge is -1.99. The lowest BCUT2D eigenvalue weighted by atomic mass is 10.2. The third-order valence-electron chi connectivity index (χ3n) is 3.60. The largest absolute Gasteiger partial charge is 0.452 e. The van der Waals surface area contributed by atoms with Gasteiger partial charge in [-0.3, -0.25) is 0 Å². The topological polar surface area (TPSA) is 91.2 Å². The lowest BCUT2D eigenvalue weighted by Crippen LogP contribution is -2.01. The van der Waals surface area contributed by atoms with Gasteiger partial charge in [0.1, 0.15) is 0 Å². The number of carbonyl (C=O) groups excluding carboxylic acids is 1. The molecule has 27 heavy (non-hydrogen) atoms. The maximum atomic E-state index is 11.9. The number of benzene rings is 1. The van der Waals surface area contributed by atoms with Gasteiger partial charge < -0.3 is 13.6 Å². The number of hydrogen-bond acceptors (Lipinski definition) is 7. The number of ether oxygens (including phenoxy) is 1. The van der Waals surface area contributed by atoms with E-state index in [4.69, 9.17) is 13.6 Å². The molecule has 0 saturated heterocycles. The first kappa shape index (κ1) is 17.2. The molecular formula is C19H12BrN3O4. The van der Waals surface area contributed by atoms with Crippen LogP contribution in [0.15, 0.2) is 68.1 Å². The molecule has 0 aliphatic carbocycles. The molecule has 4 aromatic rings. The fourth-order valence-electron chi connectivity index (χ4n) is 2.35. The molecule has 0 N–H and O–H groups in total. The summed E-state index contributed by atoms with van der Waals surface area (Å²) in [7, 11) is 0. The fourth-order valence-corrected chi connectivity index (χ4v) is 2.66. The summed E-state index contributed by atoms with van der Waals surface area (Å²) in [5.74, 6) is 0.269. The highest BCUT2D eigenvalue weighted by atomic mass is 79.9. The number of nitrogens with zero attached hydrogens (tertiary/aromatic N) is 3. The molecule has 0 unspecified atom stereocenters. The van der Waals surface area contributed by atoms with Gasteiger partial charge in [-0.2, -0.15) is 0 Å². The molecule has 3 aromatic heterocycles. The van der Waals surface area contributed by atoms with Crippen LogP contribution in [0.1, 0.15) is 11.6 Å². The van der Waals surface area contributed by atoms with E-state index in [1.807, 2.05) is 36.4 Å².